The normalized spacial score (nSPS) is 19.0. The molecule has 2 unspecified atom stereocenters. The number of benzene rings is 3. The minimum absolute atomic E-state index is 0.00794. The maximum absolute atomic E-state index is 13.8. The van der Waals surface area contributed by atoms with Crippen LogP contribution in [0.4, 0.5) is 11.4 Å². The van der Waals surface area contributed by atoms with Crippen molar-refractivity contribution in [2.45, 2.75) is 29.2 Å². The monoisotopic (exact) mass is 653 g/mol. The fourth-order valence-corrected chi connectivity index (χ4v) is 7.50. The van der Waals surface area contributed by atoms with Crippen molar-refractivity contribution in [3.8, 4) is 0 Å². The van der Waals surface area contributed by atoms with Gasteiger partial charge in [0.2, 0.25) is 23.6 Å². The van der Waals surface area contributed by atoms with E-state index < -0.39 is 34.4 Å². The lowest BCUT2D eigenvalue weighted by atomic mass is 10.1. The van der Waals surface area contributed by atoms with E-state index in [-0.39, 0.29) is 24.2 Å². The second-order valence-electron chi connectivity index (χ2n) is 9.17. The van der Waals surface area contributed by atoms with Crippen LogP contribution in [0.1, 0.15) is 24.0 Å². The number of alkyl halides is 1. The number of hydrogen-bond acceptors (Lipinski definition) is 7. The first-order valence-electron chi connectivity index (χ1n) is 12.5. The average molecular weight is 655 g/mol. The number of imide groups is 2. The van der Waals surface area contributed by atoms with Crippen LogP contribution in [0.3, 0.4) is 0 Å². The average Bonchev–Trinajstić information content (AvgIpc) is 3.41. The van der Waals surface area contributed by atoms with Gasteiger partial charge in [0.05, 0.1) is 17.3 Å². The molecule has 0 saturated carbocycles. The summed E-state index contributed by atoms with van der Waals surface area (Å²) in [6.07, 6.45) is -0.0860. The van der Waals surface area contributed by atoms with Gasteiger partial charge in [0, 0.05) is 24.3 Å². The summed E-state index contributed by atoms with van der Waals surface area (Å²) in [5, 5.41) is 0. The van der Waals surface area contributed by atoms with E-state index in [1.807, 2.05) is 64.4 Å². The molecule has 11 heteroatoms. The van der Waals surface area contributed by atoms with E-state index in [4.69, 9.17) is 12.2 Å². The van der Waals surface area contributed by atoms with Gasteiger partial charge >= 0.3 is 0 Å². The number of para-hydroxylation sites is 2. The number of halogens is 1. The molecule has 0 spiro atoms. The summed E-state index contributed by atoms with van der Waals surface area (Å²) in [4.78, 5) is 54.2. The molecule has 0 aromatic heterocycles. The number of carbonyl (C=O) groups is 4. The van der Waals surface area contributed by atoms with Crippen molar-refractivity contribution in [2.24, 2.45) is 5.92 Å². The van der Waals surface area contributed by atoms with Crippen LogP contribution in [-0.4, -0.2) is 37.2 Å². The van der Waals surface area contributed by atoms with Gasteiger partial charge in [0.15, 0.2) is 0 Å². The predicted molar refractivity (Wildman–Crippen MR) is 167 cm³/mol. The summed E-state index contributed by atoms with van der Waals surface area (Å²) in [5.74, 6) is -1.30. The molecule has 2 fully saturated rings. The Balaban J connectivity index is 1.39. The van der Waals surface area contributed by atoms with Crippen LogP contribution in [-0.2, 0) is 30.7 Å². The first kappa shape index (κ1) is 28.5. The Morgan fingerprint density at radius 3 is 1.65 bits per heavy atom. The van der Waals surface area contributed by atoms with Crippen LogP contribution in [0.15, 0.2) is 84.9 Å². The fraction of sp³-hybridized carbons (Fsp3) is 0.207. The van der Waals surface area contributed by atoms with Gasteiger partial charge in [-0.2, -0.15) is 0 Å². The Labute approximate surface area is 254 Å². The van der Waals surface area contributed by atoms with Gasteiger partial charge in [-0.1, -0.05) is 101 Å². The Morgan fingerprint density at radius 2 is 1.18 bits per heavy atom. The molecule has 40 heavy (non-hydrogen) atoms. The highest BCUT2D eigenvalue weighted by atomic mass is 79.9. The van der Waals surface area contributed by atoms with Crippen molar-refractivity contribution < 1.29 is 19.2 Å². The smallest absolute Gasteiger partial charge is 0.248 e. The van der Waals surface area contributed by atoms with Crippen LogP contribution >= 0.6 is 52.0 Å². The first-order valence-corrected chi connectivity index (χ1v) is 15.7. The van der Waals surface area contributed by atoms with Crippen molar-refractivity contribution in [3.63, 3.8) is 0 Å². The molecule has 3 aromatic carbocycles. The third kappa shape index (κ3) is 6.02. The molecule has 5 rings (SSSR count). The van der Waals surface area contributed by atoms with Crippen LogP contribution in [0.25, 0.3) is 0 Å². The molecule has 4 amide bonds. The van der Waals surface area contributed by atoms with Crippen LogP contribution < -0.4 is 9.80 Å². The van der Waals surface area contributed by atoms with Gasteiger partial charge in [-0.15, -0.1) is 0 Å². The van der Waals surface area contributed by atoms with Crippen LogP contribution in [0, 0.1) is 5.92 Å². The zero-order chi connectivity index (χ0) is 28.2. The molecule has 0 aliphatic carbocycles. The summed E-state index contributed by atoms with van der Waals surface area (Å²) in [5.41, 5.74) is 2.62. The maximum atomic E-state index is 13.8. The minimum atomic E-state index is -0.851. The third-order valence-corrected chi connectivity index (χ3v) is 10.3. The van der Waals surface area contributed by atoms with E-state index in [0.29, 0.717) is 16.5 Å². The van der Waals surface area contributed by atoms with Gasteiger partial charge in [0.25, 0.3) is 0 Å². The molecular weight excluding hydrogens is 630 g/mol. The van der Waals surface area contributed by atoms with E-state index in [1.165, 1.54) is 23.9 Å². The Hall–Kier alpha value is -2.99. The van der Waals surface area contributed by atoms with Crippen LogP contribution in [0.5, 0.6) is 0 Å². The summed E-state index contributed by atoms with van der Waals surface area (Å²) in [6.45, 7) is 0. The number of hydrogen-bond donors (Lipinski definition) is 0. The molecule has 0 N–H and O–H groups in total. The summed E-state index contributed by atoms with van der Waals surface area (Å²) in [7, 11) is 0. The lowest BCUT2D eigenvalue weighted by Crippen LogP contribution is -2.37. The van der Waals surface area contributed by atoms with Gasteiger partial charge in [-0.25, -0.2) is 9.80 Å². The SMILES string of the molecule is O=C1CC(Br)C(=O)N1c1ccccc1N1C(=O)CC(C(=S)N(SCc2ccccc2)SCc2ccccc2)C1=O. The van der Waals surface area contributed by atoms with Gasteiger partial charge in [-0.05, 0) is 47.2 Å². The van der Waals surface area contributed by atoms with Gasteiger partial charge in [-0.3, -0.25) is 22.9 Å². The Morgan fingerprint density at radius 1 is 0.725 bits per heavy atom. The van der Waals surface area contributed by atoms with Gasteiger partial charge in [0.1, 0.15) is 9.82 Å². The molecule has 3 aromatic rings. The van der Waals surface area contributed by atoms with Gasteiger partial charge < -0.3 is 0 Å². The lowest BCUT2D eigenvalue weighted by Gasteiger charge is -2.26. The van der Waals surface area contributed by atoms with E-state index >= 15 is 0 Å². The van der Waals surface area contributed by atoms with Crippen molar-refractivity contribution in [1.82, 2.24) is 3.71 Å². The topological polar surface area (TPSA) is 78.0 Å². The molecule has 2 aliphatic heterocycles. The number of thiocarbonyl (C=S) groups is 1. The highest BCUT2D eigenvalue weighted by Gasteiger charge is 2.46. The second kappa shape index (κ2) is 12.7. The van der Waals surface area contributed by atoms with E-state index in [0.717, 1.165) is 20.9 Å². The molecule has 0 radical (unpaired) electrons. The molecule has 2 atom stereocenters. The third-order valence-electron chi connectivity index (χ3n) is 6.46. The zero-order valence-electron chi connectivity index (χ0n) is 21.1. The van der Waals surface area contributed by atoms with Crippen molar-refractivity contribution in [1.29, 1.82) is 0 Å². The standard InChI is InChI=1S/C29H24BrN3O4S3/c30-22-16-26(35)32(28(22)37)24-14-8-7-13-23(24)31-25(34)15-21(27(31)36)29(38)33(39-17-19-9-3-1-4-10-19)40-18-20-11-5-2-6-12-20/h1-14,21-22H,15-18H2. The van der Waals surface area contributed by atoms with E-state index in [1.54, 1.807) is 24.3 Å². The molecule has 2 saturated heterocycles. The van der Waals surface area contributed by atoms with E-state index in [2.05, 4.69) is 15.9 Å². The van der Waals surface area contributed by atoms with Crippen LogP contribution in [0.2, 0.25) is 0 Å². The molecular formula is C29H24BrN3O4S3. The summed E-state index contributed by atoms with van der Waals surface area (Å²) in [6, 6.07) is 26.4. The maximum Gasteiger partial charge on any atom is 0.248 e. The summed E-state index contributed by atoms with van der Waals surface area (Å²) < 4.78 is 1.86. The second-order valence-corrected chi connectivity index (χ2v) is 12.7. The number of amides is 4. The molecule has 204 valence electrons. The highest BCUT2D eigenvalue weighted by molar-refractivity contribution is 9.10. The first-order chi connectivity index (χ1) is 19.3. The molecule has 7 nitrogen and oxygen atoms in total. The fourth-order valence-electron chi connectivity index (χ4n) is 4.47. The van der Waals surface area contributed by atoms with Crippen molar-refractivity contribution in [3.05, 3.63) is 96.1 Å². The Kier molecular flexibility index (Phi) is 9.04. The van der Waals surface area contributed by atoms with Crippen molar-refractivity contribution >= 4 is 92.0 Å². The molecule has 0 bridgehead atoms. The van der Waals surface area contributed by atoms with E-state index in [9.17, 15) is 19.2 Å². The summed E-state index contributed by atoms with van der Waals surface area (Å²) >= 11 is 12.1. The Bertz CT molecular complexity index is 1410. The molecule has 2 heterocycles. The quantitative estimate of drug-likeness (QED) is 0.122. The number of carbonyl (C=O) groups excluding carboxylic acids is 4. The lowest BCUT2D eigenvalue weighted by molar-refractivity contribution is -0.123. The largest absolute Gasteiger partial charge is 0.274 e. The molecule has 2 aliphatic rings. The zero-order valence-corrected chi connectivity index (χ0v) is 25.2. The number of nitrogens with zero attached hydrogens (tertiary/aromatic N) is 3. The van der Waals surface area contributed by atoms with Crippen molar-refractivity contribution in [2.75, 3.05) is 9.80 Å². The number of anilines is 2. The number of rotatable bonds is 9. The highest BCUT2D eigenvalue weighted by Crippen LogP contribution is 2.40. The predicted octanol–water partition coefficient (Wildman–Crippen LogP) is 5.92. The minimum Gasteiger partial charge on any atom is -0.274 e.